The Kier molecular flexibility index (Phi) is 3.43. The zero-order valence-electron chi connectivity index (χ0n) is 12.0. The highest BCUT2D eigenvalue weighted by atomic mass is 15.4. The summed E-state index contributed by atoms with van der Waals surface area (Å²) in [5.41, 5.74) is 7.68. The summed E-state index contributed by atoms with van der Waals surface area (Å²) in [6.07, 6.45) is 4.19. The lowest BCUT2D eigenvalue weighted by Crippen LogP contribution is -2.36. The van der Waals surface area contributed by atoms with Crippen molar-refractivity contribution in [3.63, 3.8) is 0 Å². The molecule has 20 heavy (non-hydrogen) atoms. The van der Waals surface area contributed by atoms with E-state index >= 15 is 0 Å². The van der Waals surface area contributed by atoms with Crippen molar-refractivity contribution in [2.75, 3.05) is 24.5 Å². The number of aryl methyl sites for hydroxylation is 2. The zero-order valence-corrected chi connectivity index (χ0v) is 12.0. The van der Waals surface area contributed by atoms with Crippen molar-refractivity contribution in [2.24, 2.45) is 18.7 Å². The quantitative estimate of drug-likeness (QED) is 0.860. The Bertz CT molecular complexity index is 577. The van der Waals surface area contributed by atoms with Crippen LogP contribution in [-0.4, -0.2) is 44.6 Å². The van der Waals surface area contributed by atoms with Gasteiger partial charge >= 0.3 is 0 Å². The van der Waals surface area contributed by atoms with Gasteiger partial charge in [0.25, 0.3) is 0 Å². The van der Waals surface area contributed by atoms with Gasteiger partial charge < -0.3 is 10.6 Å². The third kappa shape index (κ3) is 2.40. The average molecular weight is 275 g/mol. The van der Waals surface area contributed by atoms with Gasteiger partial charge in [-0.05, 0) is 32.2 Å². The molecule has 1 aliphatic heterocycles. The predicted molar refractivity (Wildman–Crippen MR) is 77.3 cm³/mol. The van der Waals surface area contributed by atoms with Crippen molar-refractivity contribution in [1.82, 2.24) is 25.0 Å². The molecule has 0 amide bonds. The van der Waals surface area contributed by atoms with Crippen LogP contribution in [0.5, 0.6) is 0 Å². The minimum atomic E-state index is 0.644. The van der Waals surface area contributed by atoms with E-state index in [-0.39, 0.29) is 0 Å². The van der Waals surface area contributed by atoms with Gasteiger partial charge in [0.15, 0.2) is 5.82 Å². The molecule has 7 heteroatoms. The van der Waals surface area contributed by atoms with Crippen LogP contribution in [0.2, 0.25) is 0 Å². The molecule has 108 valence electrons. The van der Waals surface area contributed by atoms with Crippen LogP contribution in [0.15, 0.2) is 6.20 Å². The highest BCUT2D eigenvalue weighted by Crippen LogP contribution is 2.23. The number of piperidine rings is 1. The van der Waals surface area contributed by atoms with Gasteiger partial charge in [-0.25, -0.2) is 0 Å². The number of aromatic nitrogens is 5. The summed E-state index contributed by atoms with van der Waals surface area (Å²) < 4.78 is 1.79. The van der Waals surface area contributed by atoms with Gasteiger partial charge in [-0.15, -0.1) is 5.10 Å². The second-order valence-electron chi connectivity index (χ2n) is 5.45. The first-order valence-corrected chi connectivity index (χ1v) is 7.05. The molecule has 0 spiro atoms. The summed E-state index contributed by atoms with van der Waals surface area (Å²) in [5, 5.41) is 11.7. The number of nitrogens with zero attached hydrogens (tertiary/aromatic N) is 5. The van der Waals surface area contributed by atoms with E-state index in [1.807, 2.05) is 20.2 Å². The molecular weight excluding hydrogens is 254 g/mol. The maximum Gasteiger partial charge on any atom is 0.245 e. The van der Waals surface area contributed by atoms with Crippen LogP contribution < -0.4 is 10.6 Å². The molecule has 1 aliphatic rings. The molecule has 3 heterocycles. The van der Waals surface area contributed by atoms with Crippen molar-refractivity contribution in [3.8, 4) is 11.4 Å². The molecule has 0 saturated carbocycles. The van der Waals surface area contributed by atoms with E-state index < -0.39 is 0 Å². The lowest BCUT2D eigenvalue weighted by molar-refractivity contribution is 0.411. The second-order valence-corrected chi connectivity index (χ2v) is 5.45. The van der Waals surface area contributed by atoms with Crippen LogP contribution in [0.4, 0.5) is 5.95 Å². The number of anilines is 1. The molecule has 0 aromatic carbocycles. The standard InChI is InChI=1S/C13H21N7/c1-9-11(8-19(2)18-9)12-15-13(17-16-12)20-5-3-10(7-14)4-6-20/h8,10H,3-7,14H2,1-2H3,(H,15,16,17). The van der Waals surface area contributed by atoms with Gasteiger partial charge in [-0.1, -0.05) is 0 Å². The first-order chi connectivity index (χ1) is 9.67. The average Bonchev–Trinajstić information content (AvgIpc) is 3.05. The molecule has 7 nitrogen and oxygen atoms in total. The van der Waals surface area contributed by atoms with E-state index in [2.05, 4.69) is 25.2 Å². The van der Waals surface area contributed by atoms with Gasteiger partial charge in [-0.2, -0.15) is 10.1 Å². The molecule has 3 rings (SSSR count). The fourth-order valence-electron chi connectivity index (χ4n) is 2.72. The molecule has 0 radical (unpaired) electrons. The second kappa shape index (κ2) is 5.24. The summed E-state index contributed by atoms with van der Waals surface area (Å²) >= 11 is 0. The maximum atomic E-state index is 5.72. The molecule has 0 atom stereocenters. The number of nitrogens with two attached hydrogens (primary N) is 1. The Hall–Kier alpha value is -1.89. The van der Waals surface area contributed by atoms with Gasteiger partial charge in [0.2, 0.25) is 5.95 Å². The number of hydrogen-bond donors (Lipinski definition) is 2. The van der Waals surface area contributed by atoms with Crippen LogP contribution in [0, 0.1) is 12.8 Å². The summed E-state index contributed by atoms with van der Waals surface area (Å²) in [6.45, 7) is 4.71. The minimum absolute atomic E-state index is 0.644. The minimum Gasteiger partial charge on any atom is -0.340 e. The third-order valence-corrected chi connectivity index (χ3v) is 3.97. The van der Waals surface area contributed by atoms with E-state index in [4.69, 9.17) is 5.73 Å². The normalized spacial score (nSPS) is 16.9. The summed E-state index contributed by atoms with van der Waals surface area (Å²) in [7, 11) is 1.91. The van der Waals surface area contributed by atoms with Crippen LogP contribution in [0.3, 0.4) is 0 Å². The monoisotopic (exact) mass is 275 g/mol. The van der Waals surface area contributed by atoms with Gasteiger partial charge in [0, 0.05) is 26.3 Å². The number of aromatic amines is 1. The van der Waals surface area contributed by atoms with Crippen LogP contribution >= 0.6 is 0 Å². The van der Waals surface area contributed by atoms with E-state index in [0.29, 0.717) is 5.92 Å². The Balaban J connectivity index is 1.76. The van der Waals surface area contributed by atoms with Crippen LogP contribution in [-0.2, 0) is 7.05 Å². The van der Waals surface area contributed by atoms with Gasteiger partial charge in [0.1, 0.15) is 0 Å². The Labute approximate surface area is 118 Å². The molecule has 3 N–H and O–H groups in total. The molecule has 2 aromatic heterocycles. The molecule has 2 aromatic rings. The highest BCUT2D eigenvalue weighted by Gasteiger charge is 2.21. The first-order valence-electron chi connectivity index (χ1n) is 7.05. The van der Waals surface area contributed by atoms with Crippen LogP contribution in [0.25, 0.3) is 11.4 Å². The van der Waals surface area contributed by atoms with E-state index in [1.54, 1.807) is 4.68 Å². The maximum absolute atomic E-state index is 5.72. The van der Waals surface area contributed by atoms with E-state index in [9.17, 15) is 0 Å². The Morgan fingerprint density at radius 3 is 2.75 bits per heavy atom. The van der Waals surface area contributed by atoms with Crippen molar-refractivity contribution >= 4 is 5.95 Å². The highest BCUT2D eigenvalue weighted by molar-refractivity contribution is 5.58. The smallest absolute Gasteiger partial charge is 0.245 e. The van der Waals surface area contributed by atoms with Crippen molar-refractivity contribution in [3.05, 3.63) is 11.9 Å². The first kappa shape index (κ1) is 13.1. The fourth-order valence-corrected chi connectivity index (χ4v) is 2.72. The molecule has 0 unspecified atom stereocenters. The summed E-state index contributed by atoms with van der Waals surface area (Å²) in [4.78, 5) is 6.82. The zero-order chi connectivity index (χ0) is 14.1. The molecule has 1 saturated heterocycles. The number of H-pyrrole nitrogens is 1. The number of hydrogen-bond acceptors (Lipinski definition) is 5. The molecule has 1 fully saturated rings. The predicted octanol–water partition coefficient (Wildman–Crippen LogP) is 0.689. The van der Waals surface area contributed by atoms with Gasteiger partial charge in [0.05, 0.1) is 11.3 Å². The third-order valence-electron chi connectivity index (χ3n) is 3.97. The van der Waals surface area contributed by atoms with Crippen molar-refractivity contribution < 1.29 is 0 Å². The largest absolute Gasteiger partial charge is 0.340 e. The molecular formula is C13H21N7. The fraction of sp³-hybridized carbons (Fsp3) is 0.615. The van der Waals surface area contributed by atoms with Crippen molar-refractivity contribution in [1.29, 1.82) is 0 Å². The van der Waals surface area contributed by atoms with E-state index in [1.165, 1.54) is 0 Å². The van der Waals surface area contributed by atoms with Crippen molar-refractivity contribution in [2.45, 2.75) is 19.8 Å². The number of rotatable bonds is 3. The van der Waals surface area contributed by atoms with Crippen LogP contribution in [0.1, 0.15) is 18.5 Å². The van der Waals surface area contributed by atoms with Gasteiger partial charge in [-0.3, -0.25) is 9.78 Å². The molecule has 0 aliphatic carbocycles. The summed E-state index contributed by atoms with van der Waals surface area (Å²) in [5.74, 6) is 2.20. The topological polar surface area (TPSA) is 88.7 Å². The number of nitrogens with one attached hydrogen (secondary N) is 1. The summed E-state index contributed by atoms with van der Waals surface area (Å²) in [6, 6.07) is 0. The lowest BCUT2D eigenvalue weighted by atomic mass is 9.97. The lowest BCUT2D eigenvalue weighted by Gasteiger charge is -2.30. The molecule has 0 bridgehead atoms. The SMILES string of the molecule is Cc1nn(C)cc1-c1nc(N2CCC(CN)CC2)n[nH]1. The van der Waals surface area contributed by atoms with E-state index in [0.717, 1.165) is 55.5 Å². The Morgan fingerprint density at radius 1 is 1.40 bits per heavy atom. The Morgan fingerprint density at radius 2 is 2.15 bits per heavy atom.